The SMILES string of the molecule is CCCCOC(=S)S[Se]SC(=S)OCCCC. The van der Waals surface area contributed by atoms with Gasteiger partial charge in [-0.25, -0.2) is 0 Å². The second kappa shape index (κ2) is 13.4. The van der Waals surface area contributed by atoms with Crippen molar-refractivity contribution in [1.82, 2.24) is 0 Å². The van der Waals surface area contributed by atoms with E-state index in [-0.39, 0.29) is 12.7 Å². The van der Waals surface area contributed by atoms with Crippen LogP contribution in [-0.4, -0.2) is 34.7 Å². The van der Waals surface area contributed by atoms with E-state index in [1.807, 2.05) is 0 Å². The van der Waals surface area contributed by atoms with Gasteiger partial charge in [0.1, 0.15) is 0 Å². The molecule has 0 aliphatic heterocycles. The van der Waals surface area contributed by atoms with Crippen LogP contribution in [0.15, 0.2) is 0 Å². The average molecular weight is 377 g/mol. The van der Waals surface area contributed by atoms with Crippen LogP contribution in [0.25, 0.3) is 0 Å². The second-order valence-electron chi connectivity index (χ2n) is 3.14. The summed E-state index contributed by atoms with van der Waals surface area (Å²) in [6.07, 6.45) is 4.36. The molecule has 0 radical (unpaired) electrons. The van der Waals surface area contributed by atoms with Crippen molar-refractivity contribution in [2.24, 2.45) is 0 Å². The van der Waals surface area contributed by atoms with Gasteiger partial charge >= 0.3 is 128 Å². The van der Waals surface area contributed by atoms with E-state index in [9.17, 15) is 0 Å². The van der Waals surface area contributed by atoms with Crippen LogP contribution in [0.2, 0.25) is 0 Å². The van der Waals surface area contributed by atoms with Gasteiger partial charge in [0.15, 0.2) is 0 Å². The zero-order valence-electron chi connectivity index (χ0n) is 10.1. The molecular formula is C10H18O2S4Se. The van der Waals surface area contributed by atoms with Crippen molar-refractivity contribution in [2.75, 3.05) is 13.2 Å². The van der Waals surface area contributed by atoms with E-state index in [0.29, 0.717) is 8.77 Å². The molecule has 0 bridgehead atoms. The van der Waals surface area contributed by atoms with Gasteiger partial charge in [0.2, 0.25) is 0 Å². The number of rotatable bonds is 8. The molecule has 0 aliphatic carbocycles. The van der Waals surface area contributed by atoms with Gasteiger partial charge in [-0.2, -0.15) is 0 Å². The molecule has 0 saturated carbocycles. The van der Waals surface area contributed by atoms with E-state index in [2.05, 4.69) is 13.8 Å². The first-order valence-electron chi connectivity index (χ1n) is 5.55. The first-order chi connectivity index (χ1) is 8.20. The monoisotopic (exact) mass is 378 g/mol. The third-order valence-electron chi connectivity index (χ3n) is 1.64. The van der Waals surface area contributed by atoms with Crippen molar-refractivity contribution in [3.63, 3.8) is 0 Å². The minimum absolute atomic E-state index is 0.215. The minimum atomic E-state index is 0.215. The van der Waals surface area contributed by atoms with Gasteiger partial charge < -0.3 is 0 Å². The van der Waals surface area contributed by atoms with Gasteiger partial charge in [0.05, 0.1) is 0 Å². The predicted octanol–water partition coefficient (Wildman–Crippen LogP) is 4.19. The molecule has 0 aromatic heterocycles. The third-order valence-corrected chi connectivity index (χ3v) is 9.33. The second-order valence-corrected chi connectivity index (χ2v) is 10.7. The van der Waals surface area contributed by atoms with Gasteiger partial charge in [-0.3, -0.25) is 0 Å². The Labute approximate surface area is 128 Å². The zero-order chi connectivity index (χ0) is 12.9. The predicted molar refractivity (Wildman–Crippen MR) is 87.9 cm³/mol. The Bertz CT molecular complexity index is 204. The molecule has 0 fully saturated rings. The van der Waals surface area contributed by atoms with Crippen LogP contribution in [0.4, 0.5) is 0 Å². The quantitative estimate of drug-likeness (QED) is 0.356. The normalized spacial score (nSPS) is 10.0. The van der Waals surface area contributed by atoms with Crippen molar-refractivity contribution >= 4 is 66.3 Å². The summed E-state index contributed by atoms with van der Waals surface area (Å²) in [6.45, 7) is 5.71. The van der Waals surface area contributed by atoms with E-state index < -0.39 is 0 Å². The van der Waals surface area contributed by atoms with Crippen LogP contribution >= 0.6 is 44.8 Å². The molecular weight excluding hydrogens is 359 g/mol. The summed E-state index contributed by atoms with van der Waals surface area (Å²) in [5, 5.41) is 0. The summed E-state index contributed by atoms with van der Waals surface area (Å²) in [4.78, 5) is 0. The Kier molecular flexibility index (Phi) is 14.2. The molecule has 100 valence electrons. The van der Waals surface area contributed by atoms with Gasteiger partial charge in [0, 0.05) is 0 Å². The number of unbranched alkanes of at least 4 members (excludes halogenated alkanes) is 2. The number of thiocarbonyl (C=S) groups is 2. The fourth-order valence-electron chi connectivity index (χ4n) is 0.720. The van der Waals surface area contributed by atoms with Crippen LogP contribution < -0.4 is 0 Å². The Morgan fingerprint density at radius 3 is 1.71 bits per heavy atom. The van der Waals surface area contributed by atoms with E-state index in [1.54, 1.807) is 20.4 Å². The maximum absolute atomic E-state index is 5.38. The molecule has 0 aromatic carbocycles. The molecule has 7 heteroatoms. The van der Waals surface area contributed by atoms with Crippen LogP contribution in [-0.2, 0) is 9.47 Å². The molecule has 0 amide bonds. The fourth-order valence-corrected chi connectivity index (χ4v) is 7.67. The first kappa shape index (κ1) is 18.0. The Balaban J connectivity index is 3.36. The van der Waals surface area contributed by atoms with Crippen molar-refractivity contribution < 1.29 is 9.47 Å². The summed E-state index contributed by atoms with van der Waals surface area (Å²) >= 11 is 10.4. The van der Waals surface area contributed by atoms with Gasteiger partial charge in [0.25, 0.3) is 0 Å². The molecule has 0 rings (SSSR count). The van der Waals surface area contributed by atoms with Crippen molar-refractivity contribution in [3.05, 3.63) is 0 Å². The summed E-state index contributed by atoms with van der Waals surface area (Å²) in [7, 11) is 3.12. The molecule has 0 atom stereocenters. The zero-order valence-corrected chi connectivity index (χ0v) is 15.1. The summed E-state index contributed by atoms with van der Waals surface area (Å²) < 4.78 is 12.0. The van der Waals surface area contributed by atoms with Crippen molar-refractivity contribution in [3.8, 4) is 0 Å². The first-order valence-corrected chi connectivity index (χ1v) is 12.0. The molecule has 2 nitrogen and oxygen atoms in total. The van der Waals surface area contributed by atoms with E-state index in [4.69, 9.17) is 33.9 Å². The van der Waals surface area contributed by atoms with Crippen LogP contribution in [0.1, 0.15) is 39.5 Å². The summed E-state index contributed by atoms with van der Waals surface area (Å²) in [5.74, 6) is 0. The number of hydrogen-bond acceptors (Lipinski definition) is 6. The fraction of sp³-hybridized carbons (Fsp3) is 0.800. The maximum atomic E-state index is 5.38. The standard InChI is InChI=1S/C10H18O2S4Se/c1-3-5-7-11-9(13)15-17-16-10(14)12-8-6-4-2/h3-8H2,1-2H3. The number of hydrogen-bond donors (Lipinski definition) is 0. The average Bonchev–Trinajstić information content (AvgIpc) is 2.30. The van der Waals surface area contributed by atoms with E-state index in [0.717, 1.165) is 38.9 Å². The van der Waals surface area contributed by atoms with Crippen molar-refractivity contribution in [2.45, 2.75) is 39.5 Å². The Morgan fingerprint density at radius 1 is 0.941 bits per heavy atom. The van der Waals surface area contributed by atoms with Crippen molar-refractivity contribution in [1.29, 1.82) is 0 Å². The van der Waals surface area contributed by atoms with E-state index in [1.165, 1.54) is 0 Å². The third kappa shape index (κ3) is 13.2. The molecule has 0 N–H and O–H groups in total. The molecule has 0 aliphatic rings. The molecule has 0 heterocycles. The molecule has 0 spiro atoms. The topological polar surface area (TPSA) is 18.5 Å². The molecule has 17 heavy (non-hydrogen) atoms. The van der Waals surface area contributed by atoms with Gasteiger partial charge in [-0.15, -0.1) is 0 Å². The summed E-state index contributed by atoms with van der Waals surface area (Å²) in [5.41, 5.74) is 0. The molecule has 0 unspecified atom stereocenters. The summed E-state index contributed by atoms with van der Waals surface area (Å²) in [6, 6.07) is 0. The Hall–Kier alpha value is 0.999. The molecule has 0 saturated heterocycles. The van der Waals surface area contributed by atoms with Crippen LogP contribution in [0.5, 0.6) is 0 Å². The number of ether oxygens (including phenoxy) is 2. The van der Waals surface area contributed by atoms with Crippen LogP contribution in [0.3, 0.4) is 0 Å². The van der Waals surface area contributed by atoms with E-state index >= 15 is 0 Å². The van der Waals surface area contributed by atoms with Gasteiger partial charge in [-0.1, -0.05) is 0 Å². The Morgan fingerprint density at radius 2 is 1.35 bits per heavy atom. The van der Waals surface area contributed by atoms with Gasteiger partial charge in [-0.05, 0) is 0 Å². The van der Waals surface area contributed by atoms with Crippen LogP contribution in [0, 0.1) is 0 Å². The molecule has 0 aromatic rings.